The van der Waals surface area contributed by atoms with E-state index in [1.54, 1.807) is 6.20 Å². The van der Waals surface area contributed by atoms with Crippen LogP contribution in [0.3, 0.4) is 0 Å². The van der Waals surface area contributed by atoms with Crippen LogP contribution in [0.4, 0.5) is 0 Å². The van der Waals surface area contributed by atoms with Gasteiger partial charge in [0.25, 0.3) is 0 Å². The van der Waals surface area contributed by atoms with Crippen molar-refractivity contribution >= 4 is 22.6 Å². The van der Waals surface area contributed by atoms with Gasteiger partial charge in [-0.1, -0.05) is 5.92 Å². The van der Waals surface area contributed by atoms with Crippen LogP contribution >= 0.6 is 22.6 Å². The molecule has 1 heterocycles. The quantitative estimate of drug-likeness (QED) is 0.374. The molecular formula is C7H4IN. The number of rotatable bonds is 0. The predicted molar refractivity (Wildman–Crippen MR) is 44.9 cm³/mol. The van der Waals surface area contributed by atoms with Gasteiger partial charge in [-0.25, -0.2) is 4.98 Å². The van der Waals surface area contributed by atoms with Crippen molar-refractivity contribution in [2.24, 2.45) is 0 Å². The van der Waals surface area contributed by atoms with Crippen molar-refractivity contribution < 1.29 is 0 Å². The molecule has 0 unspecified atom stereocenters. The third-order valence-corrected chi connectivity index (χ3v) is 1.53. The summed E-state index contributed by atoms with van der Waals surface area (Å²) in [5.41, 5.74) is 0.829. The van der Waals surface area contributed by atoms with E-state index in [1.807, 2.05) is 12.1 Å². The number of nitrogens with zero attached hydrogens (tertiary/aromatic N) is 1. The van der Waals surface area contributed by atoms with Crippen molar-refractivity contribution in [3.05, 3.63) is 27.6 Å². The fourth-order valence-corrected chi connectivity index (χ4v) is 0.780. The first-order chi connectivity index (χ1) is 4.33. The highest BCUT2D eigenvalue weighted by Crippen LogP contribution is 2.00. The molecule has 0 spiro atoms. The zero-order valence-corrected chi connectivity index (χ0v) is 6.79. The lowest BCUT2D eigenvalue weighted by atomic mass is 10.3. The molecule has 0 saturated carbocycles. The summed E-state index contributed by atoms with van der Waals surface area (Å²) in [6.07, 6.45) is 6.79. The first kappa shape index (κ1) is 6.56. The van der Waals surface area contributed by atoms with Gasteiger partial charge in [-0.05, 0) is 34.7 Å². The molecule has 1 nitrogen and oxygen atoms in total. The van der Waals surface area contributed by atoms with Crippen LogP contribution in [-0.4, -0.2) is 4.98 Å². The van der Waals surface area contributed by atoms with E-state index < -0.39 is 0 Å². The summed E-state index contributed by atoms with van der Waals surface area (Å²) in [5, 5.41) is 0. The molecule has 0 atom stereocenters. The van der Waals surface area contributed by atoms with E-state index in [-0.39, 0.29) is 0 Å². The summed E-state index contributed by atoms with van der Waals surface area (Å²) >= 11 is 2.13. The SMILES string of the molecule is C#Cc1ccc(I)nc1. The van der Waals surface area contributed by atoms with Gasteiger partial charge in [-0.15, -0.1) is 6.42 Å². The Kier molecular flexibility index (Phi) is 2.06. The van der Waals surface area contributed by atoms with Crippen LogP contribution in [0.1, 0.15) is 5.56 Å². The van der Waals surface area contributed by atoms with Gasteiger partial charge in [0.15, 0.2) is 0 Å². The third kappa shape index (κ3) is 1.68. The van der Waals surface area contributed by atoms with Gasteiger partial charge in [0, 0.05) is 11.8 Å². The number of hydrogen-bond acceptors (Lipinski definition) is 1. The summed E-state index contributed by atoms with van der Waals surface area (Å²) in [6.45, 7) is 0. The molecule has 0 amide bonds. The molecule has 9 heavy (non-hydrogen) atoms. The molecule has 0 fully saturated rings. The molecule has 0 aliphatic carbocycles. The van der Waals surface area contributed by atoms with Gasteiger partial charge in [0.2, 0.25) is 0 Å². The van der Waals surface area contributed by atoms with Crippen LogP contribution in [0, 0.1) is 16.0 Å². The number of aromatic nitrogens is 1. The van der Waals surface area contributed by atoms with Gasteiger partial charge in [-0.3, -0.25) is 0 Å². The second kappa shape index (κ2) is 2.83. The van der Waals surface area contributed by atoms with Crippen molar-refractivity contribution in [3.8, 4) is 12.3 Å². The van der Waals surface area contributed by atoms with Crippen molar-refractivity contribution in [3.63, 3.8) is 0 Å². The molecule has 0 saturated heterocycles. The lowest BCUT2D eigenvalue weighted by molar-refractivity contribution is 1.26. The van der Waals surface area contributed by atoms with Gasteiger partial charge in [0.1, 0.15) is 3.70 Å². The molecular weight excluding hydrogens is 225 g/mol. The maximum absolute atomic E-state index is 5.11. The highest BCUT2D eigenvalue weighted by atomic mass is 127. The molecule has 2 heteroatoms. The van der Waals surface area contributed by atoms with Gasteiger partial charge in [0.05, 0.1) is 0 Å². The molecule has 0 aromatic carbocycles. The Morgan fingerprint density at radius 1 is 1.56 bits per heavy atom. The van der Waals surface area contributed by atoms with E-state index in [1.165, 1.54) is 0 Å². The minimum absolute atomic E-state index is 0.829. The first-order valence-electron chi connectivity index (χ1n) is 2.41. The normalized spacial score (nSPS) is 8.44. The minimum Gasteiger partial charge on any atom is -0.249 e. The van der Waals surface area contributed by atoms with Crippen LogP contribution in [0.5, 0.6) is 0 Å². The van der Waals surface area contributed by atoms with Crippen LogP contribution in [0.15, 0.2) is 18.3 Å². The first-order valence-corrected chi connectivity index (χ1v) is 3.49. The van der Waals surface area contributed by atoms with Gasteiger partial charge >= 0.3 is 0 Å². The fourth-order valence-electron chi connectivity index (χ4n) is 0.461. The molecule has 0 bridgehead atoms. The number of terminal acetylenes is 1. The van der Waals surface area contributed by atoms with Crippen LogP contribution in [0.2, 0.25) is 0 Å². The predicted octanol–water partition coefficient (Wildman–Crippen LogP) is 1.67. The second-order valence-corrected chi connectivity index (χ2v) is 2.62. The summed E-state index contributed by atoms with van der Waals surface area (Å²) in [7, 11) is 0. The smallest absolute Gasteiger partial charge is 0.101 e. The third-order valence-electron chi connectivity index (χ3n) is 0.894. The molecule has 0 N–H and O–H groups in total. The Bertz CT molecular complexity index is 232. The van der Waals surface area contributed by atoms with Crippen molar-refractivity contribution in [2.75, 3.05) is 0 Å². The second-order valence-electron chi connectivity index (χ2n) is 1.51. The van der Waals surface area contributed by atoms with Crippen molar-refractivity contribution in [1.29, 1.82) is 0 Å². The maximum atomic E-state index is 5.11. The van der Waals surface area contributed by atoms with E-state index in [4.69, 9.17) is 6.42 Å². The zero-order chi connectivity index (χ0) is 6.69. The average Bonchev–Trinajstić information content (AvgIpc) is 1.90. The fraction of sp³-hybridized carbons (Fsp3) is 0. The molecule has 44 valence electrons. The maximum Gasteiger partial charge on any atom is 0.101 e. The van der Waals surface area contributed by atoms with Crippen molar-refractivity contribution in [1.82, 2.24) is 4.98 Å². The lowest BCUT2D eigenvalue weighted by Gasteiger charge is -1.87. The monoisotopic (exact) mass is 229 g/mol. The standard InChI is InChI=1S/C7H4IN/c1-2-6-3-4-7(8)9-5-6/h1,3-5H. The van der Waals surface area contributed by atoms with Crippen LogP contribution in [0.25, 0.3) is 0 Å². The topological polar surface area (TPSA) is 12.9 Å². The Labute approximate surface area is 67.6 Å². The van der Waals surface area contributed by atoms with E-state index in [9.17, 15) is 0 Å². The Morgan fingerprint density at radius 3 is 2.78 bits per heavy atom. The summed E-state index contributed by atoms with van der Waals surface area (Å²) in [4.78, 5) is 3.99. The van der Waals surface area contributed by atoms with Gasteiger partial charge < -0.3 is 0 Å². The molecule has 1 aromatic rings. The largest absolute Gasteiger partial charge is 0.249 e. The lowest BCUT2D eigenvalue weighted by Crippen LogP contribution is -1.79. The molecule has 0 aliphatic heterocycles. The van der Waals surface area contributed by atoms with Gasteiger partial charge in [-0.2, -0.15) is 0 Å². The minimum atomic E-state index is 0.829. The average molecular weight is 229 g/mol. The van der Waals surface area contributed by atoms with E-state index in [2.05, 4.69) is 33.5 Å². The van der Waals surface area contributed by atoms with E-state index in [0.29, 0.717) is 0 Å². The summed E-state index contributed by atoms with van der Waals surface area (Å²) in [6, 6.07) is 3.75. The van der Waals surface area contributed by atoms with Crippen LogP contribution < -0.4 is 0 Å². The Morgan fingerprint density at radius 2 is 2.33 bits per heavy atom. The molecule has 0 aliphatic rings. The number of pyridine rings is 1. The number of hydrogen-bond donors (Lipinski definition) is 0. The highest BCUT2D eigenvalue weighted by molar-refractivity contribution is 14.1. The molecule has 0 radical (unpaired) electrons. The highest BCUT2D eigenvalue weighted by Gasteiger charge is 1.85. The molecule has 1 aromatic heterocycles. The summed E-state index contributed by atoms with van der Waals surface area (Å²) < 4.78 is 0.964. The zero-order valence-electron chi connectivity index (χ0n) is 4.63. The van der Waals surface area contributed by atoms with E-state index in [0.717, 1.165) is 9.26 Å². The van der Waals surface area contributed by atoms with Crippen molar-refractivity contribution in [2.45, 2.75) is 0 Å². The summed E-state index contributed by atoms with van der Waals surface area (Å²) in [5.74, 6) is 2.49. The Balaban J connectivity index is 3.06. The molecule has 1 rings (SSSR count). The van der Waals surface area contributed by atoms with Crippen LogP contribution in [-0.2, 0) is 0 Å². The number of halogens is 1. The Hall–Kier alpha value is -0.560. The van der Waals surface area contributed by atoms with E-state index >= 15 is 0 Å².